The highest BCUT2D eigenvalue weighted by Crippen LogP contribution is 2.32. The molecule has 0 saturated carbocycles. The van der Waals surface area contributed by atoms with Crippen molar-refractivity contribution in [3.63, 3.8) is 0 Å². The molecule has 1 heterocycles. The molecule has 100 valence electrons. The number of nitrogens with two attached hydrogens (primary N) is 1. The van der Waals surface area contributed by atoms with Crippen LogP contribution in [0.4, 0.5) is 5.69 Å². The number of hydrogen-bond donors (Lipinski definition) is 1. The van der Waals surface area contributed by atoms with Gasteiger partial charge in [0, 0.05) is 28.8 Å². The summed E-state index contributed by atoms with van der Waals surface area (Å²) in [6.45, 7) is 7.85. The van der Waals surface area contributed by atoms with Crippen molar-refractivity contribution in [2.75, 3.05) is 11.4 Å². The molecule has 2 N–H and O–H groups in total. The van der Waals surface area contributed by atoms with Gasteiger partial charge in [-0.3, -0.25) is 0 Å². The first-order chi connectivity index (χ1) is 8.49. The van der Waals surface area contributed by atoms with Crippen LogP contribution in [0, 0.1) is 5.92 Å². The predicted octanol–water partition coefficient (Wildman–Crippen LogP) is 4.09. The van der Waals surface area contributed by atoms with Gasteiger partial charge in [0.15, 0.2) is 0 Å². The fourth-order valence-electron chi connectivity index (χ4n) is 2.85. The Bertz CT molecular complexity index is 417. The molecule has 1 aromatic carbocycles. The van der Waals surface area contributed by atoms with Crippen LogP contribution in [0.2, 0.25) is 0 Å². The van der Waals surface area contributed by atoms with Crippen LogP contribution in [0.5, 0.6) is 0 Å². The van der Waals surface area contributed by atoms with Crippen LogP contribution in [0.15, 0.2) is 22.7 Å². The quantitative estimate of drug-likeness (QED) is 0.891. The molecule has 0 radical (unpaired) electrons. The topological polar surface area (TPSA) is 29.3 Å². The van der Waals surface area contributed by atoms with E-state index in [9.17, 15) is 0 Å². The first-order valence-electron chi connectivity index (χ1n) is 6.80. The summed E-state index contributed by atoms with van der Waals surface area (Å²) in [7, 11) is 0. The van der Waals surface area contributed by atoms with Crippen LogP contribution < -0.4 is 10.6 Å². The second-order valence-corrected chi connectivity index (χ2v) is 6.52. The van der Waals surface area contributed by atoms with Crippen LogP contribution in [0.3, 0.4) is 0 Å². The van der Waals surface area contributed by atoms with E-state index in [4.69, 9.17) is 5.73 Å². The summed E-state index contributed by atoms with van der Waals surface area (Å²) < 4.78 is 1.13. The molecule has 0 spiro atoms. The highest BCUT2D eigenvalue weighted by molar-refractivity contribution is 9.10. The number of rotatable bonds is 2. The van der Waals surface area contributed by atoms with Crippen molar-refractivity contribution >= 4 is 21.6 Å². The monoisotopic (exact) mass is 310 g/mol. The minimum atomic E-state index is 0.0761. The second-order valence-electron chi connectivity index (χ2n) is 5.67. The first kappa shape index (κ1) is 13.9. The lowest BCUT2D eigenvalue weighted by Gasteiger charge is -2.38. The van der Waals surface area contributed by atoms with Crippen LogP contribution in [-0.2, 0) is 0 Å². The number of benzene rings is 1. The van der Waals surface area contributed by atoms with Crippen molar-refractivity contribution in [3.05, 3.63) is 28.2 Å². The largest absolute Gasteiger partial charge is 0.369 e. The minimum absolute atomic E-state index is 0.0761. The molecule has 1 aliphatic rings. The molecule has 2 nitrogen and oxygen atoms in total. The fourth-order valence-corrected chi connectivity index (χ4v) is 3.58. The third-order valence-electron chi connectivity index (χ3n) is 3.94. The zero-order valence-electron chi connectivity index (χ0n) is 11.5. The smallest absolute Gasteiger partial charge is 0.0380 e. The van der Waals surface area contributed by atoms with Gasteiger partial charge in [-0.05, 0) is 50.3 Å². The van der Waals surface area contributed by atoms with Gasteiger partial charge in [0.1, 0.15) is 0 Å². The number of nitrogens with zero attached hydrogens (tertiary/aromatic N) is 1. The SMILES string of the molecule is CC1CCN(c2ccc([C@@H](C)N)c(Br)c2)C(C)C1. The van der Waals surface area contributed by atoms with Crippen LogP contribution in [0.25, 0.3) is 0 Å². The fraction of sp³-hybridized carbons (Fsp3) is 0.600. The second kappa shape index (κ2) is 5.62. The standard InChI is InChI=1S/C15H23BrN2/c1-10-6-7-18(11(2)8-10)13-4-5-14(12(3)17)15(16)9-13/h4-5,9-12H,6-8,17H2,1-3H3/t10?,11?,12-/m1/s1. The Labute approximate surface area is 119 Å². The maximum Gasteiger partial charge on any atom is 0.0380 e. The molecular weight excluding hydrogens is 288 g/mol. The van der Waals surface area contributed by atoms with E-state index in [1.165, 1.54) is 24.1 Å². The Hall–Kier alpha value is -0.540. The summed E-state index contributed by atoms with van der Waals surface area (Å²) >= 11 is 3.64. The minimum Gasteiger partial charge on any atom is -0.369 e. The van der Waals surface area contributed by atoms with Crippen molar-refractivity contribution in [2.24, 2.45) is 11.7 Å². The van der Waals surface area contributed by atoms with E-state index in [1.54, 1.807) is 0 Å². The average molecular weight is 311 g/mol. The normalized spacial score (nSPS) is 26.2. The van der Waals surface area contributed by atoms with E-state index in [0.717, 1.165) is 16.9 Å². The van der Waals surface area contributed by atoms with Crippen LogP contribution >= 0.6 is 15.9 Å². The van der Waals surface area contributed by atoms with Gasteiger partial charge < -0.3 is 10.6 Å². The zero-order chi connectivity index (χ0) is 13.3. The van der Waals surface area contributed by atoms with Crippen molar-refractivity contribution in [1.29, 1.82) is 0 Å². The van der Waals surface area contributed by atoms with Crippen LogP contribution in [0.1, 0.15) is 45.2 Å². The van der Waals surface area contributed by atoms with E-state index in [-0.39, 0.29) is 6.04 Å². The first-order valence-corrected chi connectivity index (χ1v) is 7.60. The maximum absolute atomic E-state index is 5.94. The van der Waals surface area contributed by atoms with Crippen molar-refractivity contribution < 1.29 is 0 Å². The molecule has 18 heavy (non-hydrogen) atoms. The molecule has 0 aromatic heterocycles. The summed E-state index contributed by atoms with van der Waals surface area (Å²) in [5.41, 5.74) is 8.43. The summed E-state index contributed by atoms with van der Waals surface area (Å²) in [4.78, 5) is 2.51. The Morgan fingerprint density at radius 1 is 1.39 bits per heavy atom. The third kappa shape index (κ3) is 2.89. The predicted molar refractivity (Wildman–Crippen MR) is 82.0 cm³/mol. The van der Waals surface area contributed by atoms with E-state index in [1.807, 2.05) is 6.92 Å². The molecule has 1 aromatic rings. The molecule has 3 heteroatoms. The Morgan fingerprint density at radius 2 is 2.11 bits per heavy atom. The van der Waals surface area contributed by atoms with E-state index >= 15 is 0 Å². The van der Waals surface area contributed by atoms with Gasteiger partial charge in [0.25, 0.3) is 0 Å². The lowest BCUT2D eigenvalue weighted by molar-refractivity contribution is 0.378. The molecule has 2 unspecified atom stereocenters. The van der Waals surface area contributed by atoms with Gasteiger partial charge in [0.05, 0.1) is 0 Å². The van der Waals surface area contributed by atoms with E-state index < -0.39 is 0 Å². The molecule has 1 aliphatic heterocycles. The van der Waals surface area contributed by atoms with Gasteiger partial charge >= 0.3 is 0 Å². The molecule has 2 rings (SSSR count). The van der Waals surface area contributed by atoms with Crippen molar-refractivity contribution in [1.82, 2.24) is 0 Å². The molecule has 0 amide bonds. The Kier molecular flexibility index (Phi) is 4.33. The number of piperidine rings is 1. The number of anilines is 1. The Balaban J connectivity index is 2.21. The van der Waals surface area contributed by atoms with Gasteiger partial charge in [-0.25, -0.2) is 0 Å². The van der Waals surface area contributed by atoms with Crippen molar-refractivity contribution in [3.8, 4) is 0 Å². The molecular formula is C15H23BrN2. The summed E-state index contributed by atoms with van der Waals surface area (Å²) in [6.07, 6.45) is 2.57. The van der Waals surface area contributed by atoms with Gasteiger partial charge in [-0.2, -0.15) is 0 Å². The summed E-state index contributed by atoms with van der Waals surface area (Å²) in [6, 6.07) is 7.27. The average Bonchev–Trinajstić information content (AvgIpc) is 2.28. The van der Waals surface area contributed by atoms with Crippen molar-refractivity contribution in [2.45, 2.75) is 45.7 Å². The summed E-state index contributed by atoms with van der Waals surface area (Å²) in [5, 5.41) is 0. The highest BCUT2D eigenvalue weighted by Gasteiger charge is 2.23. The zero-order valence-corrected chi connectivity index (χ0v) is 13.1. The van der Waals surface area contributed by atoms with Gasteiger partial charge in [-0.15, -0.1) is 0 Å². The molecule has 0 bridgehead atoms. The third-order valence-corrected chi connectivity index (χ3v) is 4.63. The van der Waals surface area contributed by atoms with Gasteiger partial charge in [0.2, 0.25) is 0 Å². The van der Waals surface area contributed by atoms with Crippen LogP contribution in [-0.4, -0.2) is 12.6 Å². The lowest BCUT2D eigenvalue weighted by atomic mass is 9.93. The highest BCUT2D eigenvalue weighted by atomic mass is 79.9. The number of hydrogen-bond acceptors (Lipinski definition) is 2. The van der Waals surface area contributed by atoms with E-state index in [0.29, 0.717) is 6.04 Å². The number of halogens is 1. The Morgan fingerprint density at radius 3 is 2.67 bits per heavy atom. The lowest BCUT2D eigenvalue weighted by Crippen LogP contribution is -2.40. The molecule has 1 saturated heterocycles. The molecule has 0 aliphatic carbocycles. The molecule has 3 atom stereocenters. The maximum atomic E-state index is 5.94. The molecule has 1 fully saturated rings. The van der Waals surface area contributed by atoms with Gasteiger partial charge in [-0.1, -0.05) is 28.9 Å². The summed E-state index contributed by atoms with van der Waals surface area (Å²) in [5.74, 6) is 0.850. The van der Waals surface area contributed by atoms with E-state index in [2.05, 4.69) is 52.9 Å².